The van der Waals surface area contributed by atoms with Crippen LogP contribution in [0.3, 0.4) is 0 Å². The van der Waals surface area contributed by atoms with Gasteiger partial charge in [-0.1, -0.05) is 6.07 Å². The number of halogens is 3. The summed E-state index contributed by atoms with van der Waals surface area (Å²) in [6.07, 6.45) is 0.981. The quantitative estimate of drug-likeness (QED) is 0.359. The van der Waals surface area contributed by atoms with Crippen molar-refractivity contribution in [2.45, 2.75) is 26.2 Å². The molecule has 0 saturated heterocycles. The molecule has 1 aromatic carbocycles. The van der Waals surface area contributed by atoms with E-state index in [1.165, 1.54) is 23.8 Å². The molecule has 4 heterocycles. The molecule has 0 fully saturated rings. The standard InChI is InChI=1S/C27H25F3N6O/c1-16-14-19(15-21(33-16)24(29)30)22-23(17-6-8-20(28)9-7-17)34-27(31)35-26(22)37-13-12-36-11-3-5-18-4-2-10-32-25(18)36/h2,4,6-10,14-15,24H,3,5,11-13H2,1H3,(H2,31,34,35). The van der Waals surface area contributed by atoms with E-state index in [0.29, 0.717) is 34.6 Å². The molecule has 10 heteroatoms. The molecule has 0 amide bonds. The van der Waals surface area contributed by atoms with Gasteiger partial charge in [-0.3, -0.25) is 4.98 Å². The first kappa shape index (κ1) is 24.5. The van der Waals surface area contributed by atoms with Crippen molar-refractivity contribution in [3.8, 4) is 28.3 Å². The summed E-state index contributed by atoms with van der Waals surface area (Å²) in [5, 5.41) is 0. The molecular formula is C27H25F3N6O. The molecule has 5 rings (SSSR count). The Morgan fingerprint density at radius 1 is 1.05 bits per heavy atom. The van der Waals surface area contributed by atoms with Crippen molar-refractivity contribution in [1.82, 2.24) is 19.9 Å². The van der Waals surface area contributed by atoms with E-state index >= 15 is 0 Å². The number of anilines is 2. The van der Waals surface area contributed by atoms with Crippen molar-refractivity contribution in [3.63, 3.8) is 0 Å². The van der Waals surface area contributed by atoms with E-state index in [1.54, 1.807) is 31.3 Å². The summed E-state index contributed by atoms with van der Waals surface area (Å²) in [7, 11) is 0. The number of hydrogen-bond donors (Lipinski definition) is 1. The minimum absolute atomic E-state index is 0.0529. The highest BCUT2D eigenvalue weighted by molar-refractivity contribution is 5.85. The van der Waals surface area contributed by atoms with Gasteiger partial charge in [0, 0.05) is 24.0 Å². The summed E-state index contributed by atoms with van der Waals surface area (Å²) in [6.45, 7) is 3.26. The largest absolute Gasteiger partial charge is 0.475 e. The lowest BCUT2D eigenvalue weighted by Gasteiger charge is -2.29. The Morgan fingerprint density at radius 2 is 1.86 bits per heavy atom. The zero-order chi connectivity index (χ0) is 25.9. The van der Waals surface area contributed by atoms with Gasteiger partial charge in [0.05, 0.1) is 17.8 Å². The smallest absolute Gasteiger partial charge is 0.280 e. The Morgan fingerprint density at radius 3 is 2.65 bits per heavy atom. The Labute approximate surface area is 212 Å². The topological polar surface area (TPSA) is 90.0 Å². The van der Waals surface area contributed by atoms with Crippen LogP contribution in [0.15, 0.2) is 54.7 Å². The van der Waals surface area contributed by atoms with Gasteiger partial charge in [0.2, 0.25) is 11.8 Å². The number of rotatable bonds is 7. The van der Waals surface area contributed by atoms with Crippen LogP contribution < -0.4 is 15.4 Å². The molecule has 0 atom stereocenters. The van der Waals surface area contributed by atoms with Crippen LogP contribution in [-0.4, -0.2) is 39.6 Å². The minimum Gasteiger partial charge on any atom is -0.475 e. The Balaban J connectivity index is 1.53. The third-order valence-corrected chi connectivity index (χ3v) is 6.14. The van der Waals surface area contributed by atoms with Crippen LogP contribution in [0.4, 0.5) is 24.9 Å². The monoisotopic (exact) mass is 506 g/mol. The van der Waals surface area contributed by atoms with E-state index in [-0.39, 0.29) is 24.1 Å². The van der Waals surface area contributed by atoms with Crippen molar-refractivity contribution in [3.05, 3.63) is 77.5 Å². The van der Waals surface area contributed by atoms with E-state index < -0.39 is 12.2 Å². The molecule has 1 aliphatic rings. The molecule has 2 N–H and O–H groups in total. The lowest BCUT2D eigenvalue weighted by molar-refractivity contribution is 0.146. The minimum atomic E-state index is -2.77. The fraction of sp³-hybridized carbons (Fsp3) is 0.259. The summed E-state index contributed by atoms with van der Waals surface area (Å²) in [4.78, 5) is 19.3. The number of alkyl halides is 2. The molecule has 4 aromatic rings. The van der Waals surface area contributed by atoms with Crippen LogP contribution in [-0.2, 0) is 6.42 Å². The number of benzene rings is 1. The molecule has 0 unspecified atom stereocenters. The first-order chi connectivity index (χ1) is 17.9. The van der Waals surface area contributed by atoms with E-state index in [1.807, 2.05) is 6.07 Å². The molecule has 1 aliphatic heterocycles. The maximum absolute atomic E-state index is 13.6. The maximum Gasteiger partial charge on any atom is 0.280 e. The molecule has 0 aliphatic carbocycles. The molecular weight excluding hydrogens is 481 g/mol. The first-order valence-electron chi connectivity index (χ1n) is 11.9. The van der Waals surface area contributed by atoms with Crippen LogP contribution in [0.25, 0.3) is 22.4 Å². The third-order valence-electron chi connectivity index (χ3n) is 6.14. The van der Waals surface area contributed by atoms with Gasteiger partial charge in [-0.15, -0.1) is 0 Å². The summed E-state index contributed by atoms with van der Waals surface area (Å²) in [5.74, 6) is 0.607. The third kappa shape index (κ3) is 5.32. The van der Waals surface area contributed by atoms with Crippen molar-refractivity contribution < 1.29 is 17.9 Å². The molecule has 3 aromatic heterocycles. The van der Waals surface area contributed by atoms with Crippen LogP contribution in [0.5, 0.6) is 5.88 Å². The number of nitrogens with two attached hydrogens (primary N) is 1. The van der Waals surface area contributed by atoms with Crippen molar-refractivity contribution in [1.29, 1.82) is 0 Å². The number of aromatic nitrogens is 4. The summed E-state index contributed by atoms with van der Waals surface area (Å²) in [5.41, 5.74) is 8.91. The summed E-state index contributed by atoms with van der Waals surface area (Å²) in [6, 6.07) is 12.6. The number of fused-ring (bicyclic) bond motifs is 1. The predicted molar refractivity (Wildman–Crippen MR) is 135 cm³/mol. The number of nitrogen functional groups attached to an aromatic ring is 1. The highest BCUT2D eigenvalue weighted by Crippen LogP contribution is 2.39. The average molecular weight is 507 g/mol. The van der Waals surface area contributed by atoms with Gasteiger partial charge in [0.1, 0.15) is 23.9 Å². The van der Waals surface area contributed by atoms with Gasteiger partial charge >= 0.3 is 0 Å². The molecule has 0 bridgehead atoms. The molecule has 190 valence electrons. The first-order valence-corrected chi connectivity index (χ1v) is 11.9. The summed E-state index contributed by atoms with van der Waals surface area (Å²) < 4.78 is 47.0. The highest BCUT2D eigenvalue weighted by atomic mass is 19.3. The lowest BCUT2D eigenvalue weighted by Crippen LogP contribution is -2.34. The zero-order valence-electron chi connectivity index (χ0n) is 20.2. The average Bonchev–Trinajstić information content (AvgIpc) is 2.88. The Bertz CT molecular complexity index is 1410. The normalized spacial score (nSPS) is 13.1. The lowest BCUT2D eigenvalue weighted by atomic mass is 9.99. The summed E-state index contributed by atoms with van der Waals surface area (Å²) >= 11 is 0. The molecule has 0 radical (unpaired) electrons. The van der Waals surface area contributed by atoms with Crippen LogP contribution in [0, 0.1) is 12.7 Å². The van der Waals surface area contributed by atoms with Crippen LogP contribution >= 0.6 is 0 Å². The van der Waals surface area contributed by atoms with Crippen molar-refractivity contribution in [2.75, 3.05) is 30.3 Å². The van der Waals surface area contributed by atoms with Gasteiger partial charge < -0.3 is 15.4 Å². The van der Waals surface area contributed by atoms with Crippen LogP contribution in [0.1, 0.15) is 29.8 Å². The Kier molecular flexibility index (Phi) is 6.89. The van der Waals surface area contributed by atoms with Crippen LogP contribution in [0.2, 0.25) is 0 Å². The van der Waals surface area contributed by atoms with E-state index in [0.717, 1.165) is 25.2 Å². The predicted octanol–water partition coefficient (Wildman–Crippen LogP) is 5.40. The highest BCUT2D eigenvalue weighted by Gasteiger charge is 2.23. The van der Waals surface area contributed by atoms with Gasteiger partial charge in [-0.05, 0) is 73.4 Å². The number of aryl methyl sites for hydroxylation is 2. The number of nitrogens with zero attached hydrogens (tertiary/aromatic N) is 5. The Hall–Kier alpha value is -4.21. The van der Waals surface area contributed by atoms with E-state index in [2.05, 4.69) is 30.9 Å². The second-order valence-electron chi connectivity index (χ2n) is 8.77. The number of ether oxygens (including phenoxy) is 1. The zero-order valence-corrected chi connectivity index (χ0v) is 20.2. The fourth-order valence-electron chi connectivity index (χ4n) is 4.53. The van der Waals surface area contributed by atoms with E-state index in [9.17, 15) is 13.2 Å². The van der Waals surface area contributed by atoms with Gasteiger partial charge in [0.15, 0.2) is 0 Å². The molecule has 7 nitrogen and oxygen atoms in total. The van der Waals surface area contributed by atoms with E-state index in [4.69, 9.17) is 10.5 Å². The maximum atomic E-state index is 13.6. The second-order valence-corrected chi connectivity index (χ2v) is 8.77. The van der Waals surface area contributed by atoms with Crippen molar-refractivity contribution >= 4 is 11.8 Å². The number of hydrogen-bond acceptors (Lipinski definition) is 7. The molecule has 37 heavy (non-hydrogen) atoms. The van der Waals surface area contributed by atoms with Gasteiger partial charge in [-0.25, -0.2) is 23.1 Å². The van der Waals surface area contributed by atoms with Gasteiger partial charge in [-0.2, -0.15) is 4.98 Å². The number of pyridine rings is 2. The molecule has 0 saturated carbocycles. The van der Waals surface area contributed by atoms with Gasteiger partial charge in [0.25, 0.3) is 6.43 Å². The molecule has 0 spiro atoms. The van der Waals surface area contributed by atoms with Crippen molar-refractivity contribution in [2.24, 2.45) is 0 Å². The second kappa shape index (κ2) is 10.4. The SMILES string of the molecule is Cc1cc(-c2c(OCCN3CCCc4cccnc43)nc(N)nc2-c2ccc(F)cc2)cc(C(F)F)n1. The fourth-order valence-corrected chi connectivity index (χ4v) is 4.53.